The average molecular weight is 210 g/mol. The summed E-state index contributed by atoms with van der Waals surface area (Å²) in [5, 5.41) is 4.27. The highest BCUT2D eigenvalue weighted by Gasteiger charge is 2.19. The fourth-order valence-corrected chi connectivity index (χ4v) is 1.81. The lowest BCUT2D eigenvalue weighted by Gasteiger charge is -2.04. The van der Waals surface area contributed by atoms with Crippen LogP contribution in [0, 0.1) is 5.92 Å². The van der Waals surface area contributed by atoms with E-state index in [0.717, 1.165) is 24.0 Å². The average Bonchev–Trinajstić information content (AvgIpc) is 2.96. The molecule has 0 heterocycles. The van der Waals surface area contributed by atoms with Crippen LogP contribution in [0.25, 0.3) is 0 Å². The zero-order valence-corrected chi connectivity index (χ0v) is 9.06. The lowest BCUT2D eigenvalue weighted by molar-refractivity contribution is 0.613. The van der Waals surface area contributed by atoms with Crippen molar-refractivity contribution in [3.63, 3.8) is 0 Å². The smallest absolute Gasteiger partial charge is 0.0409 e. The van der Waals surface area contributed by atoms with Crippen molar-refractivity contribution in [1.82, 2.24) is 5.32 Å². The van der Waals surface area contributed by atoms with Gasteiger partial charge in [-0.25, -0.2) is 0 Å². The largest absolute Gasteiger partial charge is 0.313 e. The van der Waals surface area contributed by atoms with Gasteiger partial charge in [-0.2, -0.15) is 0 Å². The second-order valence-corrected chi connectivity index (χ2v) is 4.48. The fourth-order valence-electron chi connectivity index (χ4n) is 1.59. The Morgan fingerprint density at radius 2 is 2.21 bits per heavy atom. The number of rotatable bonds is 5. The molecule has 1 nitrogen and oxygen atoms in total. The first-order valence-electron chi connectivity index (χ1n) is 5.30. The van der Waals surface area contributed by atoms with Gasteiger partial charge in [0.25, 0.3) is 0 Å². The second kappa shape index (κ2) is 4.81. The van der Waals surface area contributed by atoms with Crippen LogP contribution in [0.3, 0.4) is 0 Å². The normalized spacial score (nSPS) is 15.8. The zero-order chi connectivity index (χ0) is 9.80. The number of benzene rings is 1. The van der Waals surface area contributed by atoms with Gasteiger partial charge in [0.1, 0.15) is 0 Å². The van der Waals surface area contributed by atoms with Crippen LogP contribution in [-0.2, 0) is 6.54 Å². The predicted molar refractivity (Wildman–Crippen MR) is 60.5 cm³/mol. The second-order valence-electron chi connectivity index (χ2n) is 4.04. The van der Waals surface area contributed by atoms with Crippen LogP contribution in [0.1, 0.15) is 24.8 Å². The molecule has 1 aromatic carbocycles. The van der Waals surface area contributed by atoms with Crippen molar-refractivity contribution >= 4 is 11.6 Å². The Morgan fingerprint density at radius 3 is 2.93 bits per heavy atom. The molecule has 0 saturated heterocycles. The Kier molecular flexibility index (Phi) is 3.44. The van der Waals surface area contributed by atoms with Crippen molar-refractivity contribution in [2.45, 2.75) is 25.8 Å². The molecule has 1 aliphatic rings. The van der Waals surface area contributed by atoms with E-state index in [-0.39, 0.29) is 0 Å². The molecule has 0 aliphatic heterocycles. The Labute approximate surface area is 90.5 Å². The topological polar surface area (TPSA) is 12.0 Å². The van der Waals surface area contributed by atoms with Crippen LogP contribution in [0.2, 0.25) is 5.02 Å². The molecule has 2 heteroatoms. The first kappa shape index (κ1) is 10.0. The lowest BCUT2D eigenvalue weighted by Crippen LogP contribution is -2.14. The molecule has 0 aromatic heterocycles. The summed E-state index contributed by atoms with van der Waals surface area (Å²) in [4.78, 5) is 0. The summed E-state index contributed by atoms with van der Waals surface area (Å²) in [7, 11) is 0. The van der Waals surface area contributed by atoms with Gasteiger partial charge in [0.2, 0.25) is 0 Å². The summed E-state index contributed by atoms with van der Waals surface area (Å²) in [5.74, 6) is 1.02. The Morgan fingerprint density at radius 1 is 1.36 bits per heavy atom. The maximum atomic E-state index is 5.89. The van der Waals surface area contributed by atoms with E-state index < -0.39 is 0 Å². The molecule has 0 amide bonds. The molecule has 0 atom stereocenters. The molecule has 0 bridgehead atoms. The first-order chi connectivity index (χ1) is 6.84. The number of halogens is 1. The number of hydrogen-bond acceptors (Lipinski definition) is 1. The highest BCUT2D eigenvalue weighted by Crippen LogP contribution is 2.31. The van der Waals surface area contributed by atoms with Crippen LogP contribution < -0.4 is 5.32 Å². The van der Waals surface area contributed by atoms with Gasteiger partial charge in [0.15, 0.2) is 0 Å². The molecule has 14 heavy (non-hydrogen) atoms. The minimum atomic E-state index is 0.825. The molecule has 1 N–H and O–H groups in total. The summed E-state index contributed by atoms with van der Waals surface area (Å²) >= 11 is 5.89. The third-order valence-electron chi connectivity index (χ3n) is 2.64. The van der Waals surface area contributed by atoms with Crippen molar-refractivity contribution in [1.29, 1.82) is 0 Å². The van der Waals surface area contributed by atoms with Crippen LogP contribution >= 0.6 is 11.6 Å². The van der Waals surface area contributed by atoms with Gasteiger partial charge in [0, 0.05) is 11.6 Å². The minimum absolute atomic E-state index is 0.825. The molecule has 1 fully saturated rings. The molecule has 2 rings (SSSR count). The Bertz CT molecular complexity index is 294. The highest BCUT2D eigenvalue weighted by atomic mass is 35.5. The van der Waals surface area contributed by atoms with E-state index in [0.29, 0.717) is 0 Å². The van der Waals surface area contributed by atoms with E-state index in [4.69, 9.17) is 11.6 Å². The van der Waals surface area contributed by atoms with Gasteiger partial charge in [-0.3, -0.25) is 0 Å². The van der Waals surface area contributed by atoms with Crippen molar-refractivity contribution < 1.29 is 0 Å². The van der Waals surface area contributed by atoms with Gasteiger partial charge in [-0.15, -0.1) is 0 Å². The number of hydrogen-bond donors (Lipinski definition) is 1. The summed E-state index contributed by atoms with van der Waals surface area (Å²) < 4.78 is 0. The fraction of sp³-hybridized carbons (Fsp3) is 0.500. The SMILES string of the molecule is Clc1cccc(CNCCC2CC2)c1. The van der Waals surface area contributed by atoms with E-state index in [2.05, 4.69) is 11.4 Å². The van der Waals surface area contributed by atoms with Gasteiger partial charge in [0.05, 0.1) is 0 Å². The summed E-state index contributed by atoms with van der Waals surface area (Å²) in [6, 6.07) is 8.04. The lowest BCUT2D eigenvalue weighted by atomic mass is 10.2. The standard InChI is InChI=1S/C12H16ClN/c13-12-3-1-2-11(8-12)9-14-7-6-10-4-5-10/h1-3,8,10,14H,4-7,9H2. The molecule has 0 unspecified atom stereocenters. The molecule has 0 radical (unpaired) electrons. The predicted octanol–water partition coefficient (Wildman–Crippen LogP) is 3.23. The first-order valence-corrected chi connectivity index (χ1v) is 5.67. The van der Waals surface area contributed by atoms with Crippen LogP contribution in [0.4, 0.5) is 0 Å². The minimum Gasteiger partial charge on any atom is -0.313 e. The molecular formula is C12H16ClN. The quantitative estimate of drug-likeness (QED) is 0.735. The monoisotopic (exact) mass is 209 g/mol. The molecule has 1 saturated carbocycles. The Balaban J connectivity index is 1.68. The van der Waals surface area contributed by atoms with E-state index in [1.54, 1.807) is 0 Å². The highest BCUT2D eigenvalue weighted by molar-refractivity contribution is 6.30. The summed E-state index contributed by atoms with van der Waals surface area (Å²) in [5.41, 5.74) is 1.27. The van der Waals surface area contributed by atoms with E-state index >= 15 is 0 Å². The van der Waals surface area contributed by atoms with E-state index in [1.807, 2.05) is 18.2 Å². The summed E-state index contributed by atoms with van der Waals surface area (Å²) in [6.07, 6.45) is 4.22. The zero-order valence-electron chi connectivity index (χ0n) is 8.30. The molecule has 0 spiro atoms. The van der Waals surface area contributed by atoms with Gasteiger partial charge < -0.3 is 5.32 Å². The van der Waals surface area contributed by atoms with Crippen LogP contribution in [0.5, 0.6) is 0 Å². The van der Waals surface area contributed by atoms with Crippen LogP contribution in [0.15, 0.2) is 24.3 Å². The molecule has 76 valence electrons. The third kappa shape index (κ3) is 3.32. The number of nitrogens with one attached hydrogen (secondary N) is 1. The maximum absolute atomic E-state index is 5.89. The van der Waals surface area contributed by atoms with Crippen LogP contribution in [-0.4, -0.2) is 6.54 Å². The van der Waals surface area contributed by atoms with Gasteiger partial charge >= 0.3 is 0 Å². The van der Waals surface area contributed by atoms with Gasteiger partial charge in [-0.05, 0) is 36.6 Å². The van der Waals surface area contributed by atoms with Crippen molar-refractivity contribution in [3.05, 3.63) is 34.9 Å². The molecular weight excluding hydrogens is 194 g/mol. The summed E-state index contributed by atoms with van der Waals surface area (Å²) in [6.45, 7) is 2.07. The maximum Gasteiger partial charge on any atom is 0.0409 e. The molecule has 1 aromatic rings. The van der Waals surface area contributed by atoms with Gasteiger partial charge in [-0.1, -0.05) is 36.6 Å². The Hall–Kier alpha value is -0.530. The van der Waals surface area contributed by atoms with Crippen molar-refractivity contribution in [2.24, 2.45) is 5.92 Å². The molecule has 1 aliphatic carbocycles. The third-order valence-corrected chi connectivity index (χ3v) is 2.88. The van der Waals surface area contributed by atoms with E-state index in [1.165, 1.54) is 24.8 Å². The van der Waals surface area contributed by atoms with Crippen molar-refractivity contribution in [2.75, 3.05) is 6.54 Å². The van der Waals surface area contributed by atoms with Crippen molar-refractivity contribution in [3.8, 4) is 0 Å². The van der Waals surface area contributed by atoms with E-state index in [9.17, 15) is 0 Å².